The maximum atomic E-state index is 14.8. The van der Waals surface area contributed by atoms with Crippen LogP contribution in [0.1, 0.15) is 141 Å². The Morgan fingerprint density at radius 2 is 1.85 bits per heavy atom. The molecule has 18 heteroatoms. The minimum atomic E-state index is -1.90. The predicted molar refractivity (Wildman–Crippen MR) is 309 cm³/mol. The summed E-state index contributed by atoms with van der Waals surface area (Å²) in [6.07, 6.45) is 14.9. The third kappa shape index (κ3) is 13.4. The number of thiazole rings is 1. The number of nitrogens with zero attached hydrogens (tertiary/aromatic N) is 7. The number of amides is 4. The van der Waals surface area contributed by atoms with Crippen LogP contribution in [0.5, 0.6) is 0 Å². The number of hydrogen-bond donors (Lipinski definition) is 3. The van der Waals surface area contributed by atoms with E-state index in [0.29, 0.717) is 30.8 Å². The van der Waals surface area contributed by atoms with Crippen molar-refractivity contribution in [2.45, 2.75) is 162 Å². The number of likely N-dealkylation sites (tertiary alicyclic amines) is 1. The maximum Gasteiger partial charge on any atom is 0.324 e. The molecule has 4 aliphatic heterocycles. The number of nitrogens with one attached hydrogen (secondary N) is 2. The number of benzene rings is 1. The lowest BCUT2D eigenvalue weighted by molar-refractivity contribution is -0.156. The molecule has 0 spiro atoms. The largest absolute Gasteiger partial charge is 0.464 e. The van der Waals surface area contributed by atoms with E-state index in [-0.39, 0.29) is 51.1 Å². The van der Waals surface area contributed by atoms with Gasteiger partial charge in [0.15, 0.2) is 5.60 Å². The first kappa shape index (κ1) is 59.3. The molecule has 7 heterocycles. The molecule has 1 unspecified atom stereocenters. The Labute approximate surface area is 471 Å². The number of ether oxygens (including phenoxy) is 2. The molecule has 5 atom stereocenters. The molecule has 0 radical (unpaired) electrons. The van der Waals surface area contributed by atoms with Crippen LogP contribution in [0.15, 0.2) is 54.1 Å². The summed E-state index contributed by atoms with van der Waals surface area (Å²) in [6.45, 7) is 20.4. The Kier molecular flexibility index (Phi) is 19.4. The van der Waals surface area contributed by atoms with Gasteiger partial charge in [0.05, 0.1) is 41.3 Å². The van der Waals surface area contributed by atoms with Gasteiger partial charge in [-0.15, -0.1) is 11.3 Å². The van der Waals surface area contributed by atoms with Crippen LogP contribution in [0.3, 0.4) is 0 Å². The van der Waals surface area contributed by atoms with Crippen molar-refractivity contribution in [2.75, 3.05) is 60.0 Å². The molecule has 4 aliphatic rings. The Morgan fingerprint density at radius 3 is 2.56 bits per heavy atom. The number of allylic oxidation sites excluding steroid dienone is 1. The third-order valence-electron chi connectivity index (χ3n) is 16.3. The number of fused-ring (bicyclic) bond motifs is 6. The highest BCUT2D eigenvalue weighted by atomic mass is 32.1. The highest BCUT2D eigenvalue weighted by molar-refractivity contribution is 7.10. The van der Waals surface area contributed by atoms with E-state index < -0.39 is 58.8 Å². The summed E-state index contributed by atoms with van der Waals surface area (Å²) in [5.74, 6) is -2.93. The smallest absolute Gasteiger partial charge is 0.324 e. The molecule has 428 valence electrons. The topological polar surface area (TPSA) is 192 Å². The number of pyridine rings is 1. The van der Waals surface area contributed by atoms with Gasteiger partial charge in [-0.05, 0) is 106 Å². The molecule has 2 fully saturated rings. The molecule has 79 heavy (non-hydrogen) atoms. The van der Waals surface area contributed by atoms with E-state index in [1.807, 2.05) is 24.6 Å². The zero-order valence-electron chi connectivity index (χ0n) is 48.4. The first-order chi connectivity index (χ1) is 37.8. The van der Waals surface area contributed by atoms with Crippen molar-refractivity contribution in [2.24, 2.45) is 11.3 Å². The normalized spacial score (nSPS) is 22.0. The van der Waals surface area contributed by atoms with Gasteiger partial charge in [0.1, 0.15) is 18.1 Å². The second-order valence-electron chi connectivity index (χ2n) is 23.3. The number of unbranched alkanes of at least 4 members (excludes halogenated alkanes) is 3. The van der Waals surface area contributed by atoms with Gasteiger partial charge in [-0.3, -0.25) is 38.9 Å². The van der Waals surface area contributed by atoms with Crippen LogP contribution in [0, 0.1) is 11.3 Å². The summed E-state index contributed by atoms with van der Waals surface area (Å²) in [5.41, 5.74) is 9.71. The minimum Gasteiger partial charge on any atom is -0.464 e. The molecule has 0 aliphatic carbocycles. The SMILES string of the molecule is CCCC/C=C\C(=O)N1CCC(O)(C(=O)N(C)[C@H](C(=O)N[C@H]2Cc3nc(cs3)-c3ccc4c(c3)c(c(-c3cc(C5=CCN(CCCC)CC5)cnc3[C@H](C)OC)n4CC)CC(C)(C)COC(=O)[C@@H]3CCCN(N3)C2=O)C(C)C)C1. The molecule has 1 aromatic carbocycles. The van der Waals surface area contributed by atoms with Crippen LogP contribution in [0.2, 0.25) is 0 Å². The third-order valence-corrected chi connectivity index (χ3v) is 17.2. The first-order valence-corrected chi connectivity index (χ1v) is 29.7. The van der Waals surface area contributed by atoms with Crippen LogP contribution < -0.4 is 10.7 Å². The van der Waals surface area contributed by atoms with E-state index in [2.05, 4.69) is 85.2 Å². The molecular weight excluding hydrogens is 1020 g/mol. The number of aliphatic hydroxyl groups is 1. The lowest BCUT2D eigenvalue weighted by Crippen LogP contribution is -2.63. The highest BCUT2D eigenvalue weighted by Crippen LogP contribution is 2.43. The van der Waals surface area contributed by atoms with Crippen molar-refractivity contribution in [1.29, 1.82) is 0 Å². The number of hydrogen-bond acceptors (Lipinski definition) is 13. The number of carbonyl (C=O) groups is 5. The quantitative estimate of drug-likeness (QED) is 0.0522. The molecule has 2 saturated heterocycles. The summed E-state index contributed by atoms with van der Waals surface area (Å²) in [5, 5.41) is 19.8. The van der Waals surface area contributed by atoms with E-state index in [9.17, 15) is 29.1 Å². The molecule has 0 saturated carbocycles. The summed E-state index contributed by atoms with van der Waals surface area (Å²) in [6, 6.07) is 5.64. The molecule has 4 amide bonds. The molecule has 3 aromatic heterocycles. The van der Waals surface area contributed by atoms with Gasteiger partial charge >= 0.3 is 5.97 Å². The number of rotatable bonds is 17. The van der Waals surface area contributed by atoms with E-state index in [4.69, 9.17) is 19.4 Å². The van der Waals surface area contributed by atoms with E-state index in [1.54, 1.807) is 21.0 Å². The minimum absolute atomic E-state index is 0.0171. The van der Waals surface area contributed by atoms with Crippen molar-refractivity contribution in [3.63, 3.8) is 0 Å². The first-order valence-electron chi connectivity index (χ1n) is 28.8. The van der Waals surface area contributed by atoms with Crippen LogP contribution in [0.4, 0.5) is 0 Å². The average molecular weight is 1100 g/mol. The van der Waals surface area contributed by atoms with Crippen molar-refractivity contribution in [3.05, 3.63) is 75.9 Å². The summed E-state index contributed by atoms with van der Waals surface area (Å²) in [4.78, 5) is 86.5. The van der Waals surface area contributed by atoms with Crippen LogP contribution in [-0.2, 0) is 52.8 Å². The van der Waals surface area contributed by atoms with E-state index in [1.165, 1.54) is 57.7 Å². The van der Waals surface area contributed by atoms with Crippen molar-refractivity contribution < 1.29 is 38.6 Å². The van der Waals surface area contributed by atoms with Gasteiger partial charge < -0.3 is 34.3 Å². The van der Waals surface area contributed by atoms with E-state index in [0.717, 1.165) is 95.6 Å². The van der Waals surface area contributed by atoms with Crippen molar-refractivity contribution in [3.8, 4) is 22.5 Å². The predicted octanol–water partition coefficient (Wildman–Crippen LogP) is 8.28. The van der Waals surface area contributed by atoms with Gasteiger partial charge in [-0.25, -0.2) is 10.4 Å². The molecule has 4 aromatic rings. The number of methoxy groups -OCH3 is 1. The summed E-state index contributed by atoms with van der Waals surface area (Å²) < 4.78 is 14.6. The molecule has 3 N–H and O–H groups in total. The van der Waals surface area contributed by atoms with Gasteiger partial charge in [-0.2, -0.15) is 0 Å². The number of esters is 1. The molecule has 6 bridgehead atoms. The zero-order chi connectivity index (χ0) is 56.8. The second-order valence-corrected chi connectivity index (χ2v) is 24.3. The Balaban J connectivity index is 1.15. The number of hydrazine groups is 1. The van der Waals surface area contributed by atoms with Gasteiger partial charge in [0.25, 0.3) is 11.8 Å². The second kappa shape index (κ2) is 25.8. The van der Waals surface area contributed by atoms with Gasteiger partial charge in [0, 0.05) is 98.7 Å². The van der Waals surface area contributed by atoms with Crippen molar-refractivity contribution >= 4 is 57.4 Å². The number of β-amino-alcohol motifs (C(OH)–C–C–N with tert-alkyl or cyclic N) is 1. The molecule has 8 rings (SSSR count). The van der Waals surface area contributed by atoms with Crippen LogP contribution >= 0.6 is 11.3 Å². The fourth-order valence-electron chi connectivity index (χ4n) is 11.8. The lowest BCUT2D eigenvalue weighted by Gasteiger charge is -2.37. The average Bonchev–Trinajstić information content (AvgIpc) is 4.40. The Hall–Kier alpha value is -5.79. The fraction of sp³-hybridized carbons (Fsp3) is 0.590. The Bertz CT molecular complexity index is 2930. The van der Waals surface area contributed by atoms with Crippen molar-refractivity contribution in [1.82, 2.24) is 45.0 Å². The zero-order valence-corrected chi connectivity index (χ0v) is 49.2. The summed E-state index contributed by atoms with van der Waals surface area (Å²) >= 11 is 1.39. The number of carbonyl (C=O) groups excluding carboxylic acids is 5. The van der Waals surface area contributed by atoms with Gasteiger partial charge in [-0.1, -0.05) is 79.0 Å². The van der Waals surface area contributed by atoms with Crippen LogP contribution in [0.25, 0.3) is 39.0 Å². The number of likely N-dealkylation sites (N-methyl/N-ethyl adjacent to an activating group) is 1. The highest BCUT2D eigenvalue weighted by Gasteiger charge is 2.48. The Morgan fingerprint density at radius 1 is 1.06 bits per heavy atom. The fourth-order valence-corrected chi connectivity index (χ4v) is 12.6. The van der Waals surface area contributed by atoms with Crippen LogP contribution in [-0.4, -0.2) is 153 Å². The monoisotopic (exact) mass is 1100 g/mol. The number of aryl methyl sites for hydroxylation is 1. The standard InChI is InChI=1S/C61H85N9O8S/c1-11-14-16-17-20-52(71)68-30-25-61(76,37-68)59(75)66(9)54(39(4)5)56(72)64-48-33-51-63-49(36-79-51)42-21-22-50-44(31-42)46(34-60(7,8)38-78-58(74)47-19-18-27-70(65-47)57(48)73)55(69(50)13-3)45-32-43(35-62-53(45)40(6)77-10)41-23-28-67(29-24-41)26-15-12-2/h17,20-23,31-32,35-36,39-40,47-48,54,65,76H,11-16,18-19,24-30,33-34,37-38H2,1-10H3,(H,64,72)/b20-17-/t40-,47-,48-,54-,61?/m0/s1. The maximum absolute atomic E-state index is 14.8. The molecular formula is C61H85N9O8S. The number of aromatic nitrogens is 3. The van der Waals surface area contributed by atoms with E-state index >= 15 is 0 Å². The van der Waals surface area contributed by atoms with Gasteiger partial charge in [0.2, 0.25) is 11.8 Å². The summed E-state index contributed by atoms with van der Waals surface area (Å²) in [7, 11) is 3.19. The molecule has 17 nitrogen and oxygen atoms in total. The number of cyclic esters (lactones) is 1. The lowest BCUT2D eigenvalue weighted by atomic mass is 9.84.